The van der Waals surface area contributed by atoms with Gasteiger partial charge in [0.1, 0.15) is 5.52 Å². The largest absolute Gasteiger partial charge is 0.452 e. The second-order valence-electron chi connectivity index (χ2n) is 4.14. The van der Waals surface area contributed by atoms with Crippen molar-refractivity contribution >= 4 is 16.9 Å². The Morgan fingerprint density at radius 1 is 1.09 bits per heavy atom. The van der Waals surface area contributed by atoms with Crippen molar-refractivity contribution in [3.63, 3.8) is 0 Å². The number of fused-ring (bicyclic) bond motifs is 1. The molecule has 0 saturated carbocycles. The Kier molecular flexibility index (Phi) is 4.85. The van der Waals surface area contributed by atoms with E-state index in [0.717, 1.165) is 6.20 Å². The molecule has 0 unspecified atom stereocenters. The first kappa shape index (κ1) is 16.3. The molecule has 0 amide bonds. The predicted molar refractivity (Wildman–Crippen MR) is 82.4 cm³/mol. The zero-order chi connectivity index (χ0) is 17.0. The number of hydrogen-bond donors (Lipinski definition) is 2. The van der Waals surface area contributed by atoms with Crippen LogP contribution in [0.15, 0.2) is 35.4 Å². The van der Waals surface area contributed by atoms with Crippen LogP contribution in [0.3, 0.4) is 0 Å². The highest BCUT2D eigenvalue weighted by molar-refractivity contribution is 5.76. The molecule has 3 aromatic rings. The van der Waals surface area contributed by atoms with Crippen molar-refractivity contribution in [2.45, 2.75) is 13.8 Å². The van der Waals surface area contributed by atoms with Crippen molar-refractivity contribution in [2.75, 3.05) is 5.73 Å². The maximum absolute atomic E-state index is 13.7. The van der Waals surface area contributed by atoms with E-state index in [2.05, 4.69) is 15.0 Å². The third-order valence-electron chi connectivity index (χ3n) is 2.74. The molecular weight excluding hydrogens is 306 g/mol. The van der Waals surface area contributed by atoms with Gasteiger partial charge in [0, 0.05) is 12.3 Å². The molecule has 2 aromatic heterocycles. The molecule has 3 rings (SSSR count). The van der Waals surface area contributed by atoms with Crippen LogP contribution in [0.2, 0.25) is 0 Å². The van der Waals surface area contributed by atoms with Gasteiger partial charge in [0.05, 0.1) is 11.9 Å². The minimum atomic E-state index is -1.20. The third kappa shape index (κ3) is 3.25. The summed E-state index contributed by atoms with van der Waals surface area (Å²) in [6.45, 7) is 4.00. The van der Waals surface area contributed by atoms with Gasteiger partial charge >= 0.3 is 0 Å². The van der Waals surface area contributed by atoms with E-state index in [4.69, 9.17) is 10.5 Å². The van der Waals surface area contributed by atoms with Crippen molar-refractivity contribution < 1.29 is 13.5 Å². The van der Waals surface area contributed by atoms with Crippen molar-refractivity contribution in [3.05, 3.63) is 52.6 Å². The van der Waals surface area contributed by atoms with Gasteiger partial charge in [0.2, 0.25) is 5.82 Å². The number of nitrogens with one attached hydrogen (secondary N) is 1. The van der Waals surface area contributed by atoms with Gasteiger partial charge in [-0.15, -0.1) is 0 Å². The second kappa shape index (κ2) is 6.82. The quantitative estimate of drug-likeness (QED) is 0.708. The maximum Gasteiger partial charge on any atom is 0.268 e. The van der Waals surface area contributed by atoms with Crippen LogP contribution in [0.5, 0.6) is 11.5 Å². The van der Waals surface area contributed by atoms with Crippen LogP contribution in [0, 0.1) is 11.6 Å². The van der Waals surface area contributed by atoms with Crippen LogP contribution in [0.1, 0.15) is 13.8 Å². The Labute approximate surface area is 130 Å². The standard InChI is InChI=1S/C13H8F2N4O2.C2H6/c14-10-6(16)1-2-7(11(10)15)21-8-3-4-17-13-12(8)18-5-9(20)19-13;1-2/h1-5H,16H2,(H,17,19,20);1-2H3. The lowest BCUT2D eigenvalue weighted by molar-refractivity contribution is 0.419. The first-order valence-electron chi connectivity index (χ1n) is 6.81. The molecule has 0 saturated heterocycles. The summed E-state index contributed by atoms with van der Waals surface area (Å²) in [5.74, 6) is -2.61. The molecule has 0 spiro atoms. The zero-order valence-electron chi connectivity index (χ0n) is 12.4. The normalized spacial score (nSPS) is 10.1. The molecule has 0 aliphatic heterocycles. The molecule has 23 heavy (non-hydrogen) atoms. The van der Waals surface area contributed by atoms with Crippen molar-refractivity contribution in [1.29, 1.82) is 0 Å². The van der Waals surface area contributed by atoms with E-state index in [-0.39, 0.29) is 28.4 Å². The molecule has 0 bridgehead atoms. The fourth-order valence-corrected chi connectivity index (χ4v) is 1.75. The smallest absolute Gasteiger partial charge is 0.268 e. The Morgan fingerprint density at radius 3 is 2.57 bits per heavy atom. The number of aromatic nitrogens is 3. The summed E-state index contributed by atoms with van der Waals surface area (Å²) < 4.78 is 32.4. The monoisotopic (exact) mass is 320 g/mol. The van der Waals surface area contributed by atoms with Crippen LogP contribution in [0.4, 0.5) is 14.5 Å². The van der Waals surface area contributed by atoms with Gasteiger partial charge in [-0.1, -0.05) is 13.8 Å². The van der Waals surface area contributed by atoms with Crippen LogP contribution in [-0.4, -0.2) is 15.0 Å². The van der Waals surface area contributed by atoms with Crippen LogP contribution >= 0.6 is 0 Å². The van der Waals surface area contributed by atoms with Gasteiger partial charge in [-0.3, -0.25) is 4.79 Å². The fourth-order valence-electron chi connectivity index (χ4n) is 1.75. The van der Waals surface area contributed by atoms with E-state index in [0.29, 0.717) is 0 Å². The fraction of sp³-hybridized carbons (Fsp3) is 0.133. The number of H-pyrrole nitrogens is 1. The van der Waals surface area contributed by atoms with E-state index >= 15 is 0 Å². The number of nitrogens with zero attached hydrogens (tertiary/aromatic N) is 2. The number of nitrogens with two attached hydrogens (primary N) is 1. The Balaban J connectivity index is 0.000000924. The highest BCUT2D eigenvalue weighted by Gasteiger charge is 2.15. The van der Waals surface area contributed by atoms with Gasteiger partial charge in [-0.25, -0.2) is 14.4 Å². The minimum Gasteiger partial charge on any atom is -0.452 e. The van der Waals surface area contributed by atoms with Gasteiger partial charge in [0.25, 0.3) is 5.56 Å². The topological polar surface area (TPSA) is 93.9 Å². The minimum absolute atomic E-state index is 0.124. The molecule has 8 heteroatoms. The number of nitrogen functional groups attached to an aromatic ring is 1. The summed E-state index contributed by atoms with van der Waals surface area (Å²) in [4.78, 5) is 21.4. The van der Waals surface area contributed by atoms with Crippen molar-refractivity contribution in [3.8, 4) is 11.5 Å². The lowest BCUT2D eigenvalue weighted by Crippen LogP contribution is -2.06. The summed E-state index contributed by atoms with van der Waals surface area (Å²) >= 11 is 0. The third-order valence-corrected chi connectivity index (χ3v) is 2.74. The Bertz CT molecular complexity index is 896. The van der Waals surface area contributed by atoms with E-state index in [1.165, 1.54) is 24.4 Å². The van der Waals surface area contributed by atoms with Gasteiger partial charge in [-0.2, -0.15) is 4.39 Å². The van der Waals surface area contributed by atoms with Gasteiger partial charge < -0.3 is 15.5 Å². The molecule has 0 atom stereocenters. The molecule has 6 nitrogen and oxygen atoms in total. The summed E-state index contributed by atoms with van der Waals surface area (Å²) in [5, 5.41) is 0. The Morgan fingerprint density at radius 2 is 1.83 bits per heavy atom. The summed E-state index contributed by atoms with van der Waals surface area (Å²) in [7, 11) is 0. The molecule has 0 fully saturated rings. The number of pyridine rings is 1. The van der Waals surface area contributed by atoms with Gasteiger partial charge in [0.15, 0.2) is 23.0 Å². The molecule has 2 heterocycles. The molecule has 1 aromatic carbocycles. The lowest BCUT2D eigenvalue weighted by Gasteiger charge is -2.09. The molecule has 0 radical (unpaired) electrons. The molecule has 120 valence electrons. The number of halogens is 2. The van der Waals surface area contributed by atoms with E-state index in [1.807, 2.05) is 13.8 Å². The van der Waals surface area contributed by atoms with E-state index in [9.17, 15) is 13.6 Å². The first-order chi connectivity index (χ1) is 11.1. The molecule has 0 aliphatic rings. The number of benzene rings is 1. The average Bonchev–Trinajstić information content (AvgIpc) is 2.57. The molecule has 3 N–H and O–H groups in total. The summed E-state index contributed by atoms with van der Waals surface area (Å²) in [6, 6.07) is 3.81. The first-order valence-corrected chi connectivity index (χ1v) is 6.81. The van der Waals surface area contributed by atoms with Crippen LogP contribution in [0.25, 0.3) is 11.2 Å². The molecular formula is C15H14F2N4O2. The summed E-state index contributed by atoms with van der Waals surface area (Å²) in [6.07, 6.45) is 2.39. The number of aromatic amines is 1. The number of rotatable bonds is 2. The predicted octanol–water partition coefficient (Wildman–Crippen LogP) is 3.00. The SMILES string of the molecule is CC.Nc1ccc(Oc2ccnc3[nH]c(=O)cnc23)c(F)c1F. The van der Waals surface area contributed by atoms with Crippen LogP contribution < -0.4 is 16.0 Å². The highest BCUT2D eigenvalue weighted by atomic mass is 19.2. The highest BCUT2D eigenvalue weighted by Crippen LogP contribution is 2.30. The maximum atomic E-state index is 13.7. The average molecular weight is 320 g/mol. The van der Waals surface area contributed by atoms with Crippen molar-refractivity contribution in [2.24, 2.45) is 0 Å². The second-order valence-corrected chi connectivity index (χ2v) is 4.14. The number of hydrogen-bond acceptors (Lipinski definition) is 5. The van der Waals surface area contributed by atoms with Crippen molar-refractivity contribution in [1.82, 2.24) is 15.0 Å². The Hall–Kier alpha value is -3.03. The van der Waals surface area contributed by atoms with E-state index in [1.54, 1.807) is 0 Å². The number of ether oxygens (including phenoxy) is 1. The molecule has 0 aliphatic carbocycles. The summed E-state index contributed by atoms with van der Waals surface area (Å²) in [5.41, 5.74) is 4.90. The number of anilines is 1. The lowest BCUT2D eigenvalue weighted by atomic mass is 10.2. The zero-order valence-corrected chi connectivity index (χ0v) is 12.4. The van der Waals surface area contributed by atoms with E-state index < -0.39 is 17.2 Å². The van der Waals surface area contributed by atoms with Gasteiger partial charge in [-0.05, 0) is 12.1 Å². The van der Waals surface area contributed by atoms with Crippen LogP contribution in [-0.2, 0) is 0 Å².